The lowest BCUT2D eigenvalue weighted by molar-refractivity contribution is -0.133. The molecule has 192 valence electrons. The zero-order valence-corrected chi connectivity index (χ0v) is 20.8. The SMILES string of the molecule is CC(C)Oc1cc(F)ccc1Nc1ncnc2ccc(-c3cnn(CC(=O)N4CCC[C@@H](N)C4)c3)nc12. The molecule has 0 spiro atoms. The Bertz CT molecular complexity index is 1420. The van der Waals surface area contributed by atoms with Gasteiger partial charge < -0.3 is 20.7 Å². The zero-order valence-electron chi connectivity index (χ0n) is 20.8. The molecule has 3 N–H and O–H groups in total. The van der Waals surface area contributed by atoms with Crippen LogP contribution in [-0.4, -0.2) is 60.8 Å². The van der Waals surface area contributed by atoms with E-state index in [1.807, 2.05) is 26.0 Å². The second kappa shape index (κ2) is 10.5. The molecular formula is C26H29FN8O2. The van der Waals surface area contributed by atoms with Crippen LogP contribution in [0.3, 0.4) is 0 Å². The fourth-order valence-electron chi connectivity index (χ4n) is 4.33. The van der Waals surface area contributed by atoms with Crippen LogP contribution >= 0.6 is 0 Å². The van der Waals surface area contributed by atoms with Crippen LogP contribution in [-0.2, 0) is 11.3 Å². The number of hydrogen-bond donors (Lipinski definition) is 2. The minimum absolute atomic E-state index is 0.00474. The molecule has 3 aromatic heterocycles. The maximum atomic E-state index is 13.9. The molecule has 4 aromatic rings. The van der Waals surface area contributed by atoms with Gasteiger partial charge >= 0.3 is 0 Å². The zero-order chi connectivity index (χ0) is 25.9. The van der Waals surface area contributed by atoms with E-state index >= 15 is 0 Å². The number of halogens is 1. The number of benzene rings is 1. The highest BCUT2D eigenvalue weighted by Gasteiger charge is 2.22. The molecule has 0 unspecified atom stereocenters. The summed E-state index contributed by atoms with van der Waals surface area (Å²) in [5, 5.41) is 7.57. The highest BCUT2D eigenvalue weighted by molar-refractivity contribution is 5.89. The van der Waals surface area contributed by atoms with E-state index in [0.29, 0.717) is 40.5 Å². The lowest BCUT2D eigenvalue weighted by atomic mass is 10.1. The number of pyridine rings is 1. The molecule has 1 amide bonds. The Hall–Kier alpha value is -4.12. The number of anilines is 2. The molecule has 11 heteroatoms. The molecule has 37 heavy (non-hydrogen) atoms. The summed E-state index contributed by atoms with van der Waals surface area (Å²) >= 11 is 0. The molecule has 1 aromatic carbocycles. The molecule has 5 rings (SSSR count). The van der Waals surface area contributed by atoms with Gasteiger partial charge in [0.15, 0.2) is 5.82 Å². The van der Waals surface area contributed by atoms with Crippen LogP contribution in [0.25, 0.3) is 22.3 Å². The standard InChI is InChI=1S/C26H29FN8O2/c1-16(2)37-23-10-18(27)5-6-21(23)33-26-25-22(29-15-30-26)8-7-20(32-25)17-11-31-35(12-17)14-24(36)34-9-3-4-19(28)13-34/h5-8,10-12,15-16,19H,3-4,9,13-14,28H2,1-2H3,(H,29,30,33)/t19-/m1/s1. The Kier molecular flexibility index (Phi) is 6.95. The number of likely N-dealkylation sites (tertiary alicyclic amines) is 1. The number of piperidine rings is 1. The molecule has 0 radical (unpaired) electrons. The van der Waals surface area contributed by atoms with Gasteiger partial charge in [0.05, 0.1) is 29.2 Å². The lowest BCUT2D eigenvalue weighted by Crippen LogP contribution is -2.46. The summed E-state index contributed by atoms with van der Waals surface area (Å²) in [7, 11) is 0. The van der Waals surface area contributed by atoms with E-state index in [-0.39, 0.29) is 24.6 Å². The van der Waals surface area contributed by atoms with Crippen LogP contribution in [0, 0.1) is 5.82 Å². The predicted molar refractivity (Wildman–Crippen MR) is 138 cm³/mol. The van der Waals surface area contributed by atoms with Crippen LogP contribution in [0.5, 0.6) is 5.75 Å². The molecule has 1 aliphatic rings. The number of aromatic nitrogens is 5. The van der Waals surface area contributed by atoms with Gasteiger partial charge in [-0.3, -0.25) is 9.48 Å². The normalized spacial score (nSPS) is 15.8. The number of amides is 1. The van der Waals surface area contributed by atoms with E-state index in [1.165, 1.54) is 18.5 Å². The van der Waals surface area contributed by atoms with E-state index in [2.05, 4.69) is 20.4 Å². The van der Waals surface area contributed by atoms with Crippen LogP contribution < -0.4 is 15.8 Å². The summed E-state index contributed by atoms with van der Waals surface area (Å²) in [4.78, 5) is 28.0. The first-order valence-corrected chi connectivity index (χ1v) is 12.3. The Balaban J connectivity index is 1.39. The second-order valence-corrected chi connectivity index (χ2v) is 9.39. The summed E-state index contributed by atoms with van der Waals surface area (Å²) in [6.07, 6.45) is 6.63. The number of nitrogens with zero attached hydrogens (tertiary/aromatic N) is 6. The first kappa shape index (κ1) is 24.6. The average molecular weight is 505 g/mol. The van der Waals surface area contributed by atoms with Crippen molar-refractivity contribution in [2.24, 2.45) is 5.73 Å². The van der Waals surface area contributed by atoms with E-state index in [9.17, 15) is 9.18 Å². The molecule has 1 saturated heterocycles. The minimum Gasteiger partial charge on any atom is -0.489 e. The number of fused-ring (bicyclic) bond motifs is 1. The van der Waals surface area contributed by atoms with Crippen molar-refractivity contribution in [3.05, 3.63) is 54.9 Å². The molecule has 1 atom stereocenters. The summed E-state index contributed by atoms with van der Waals surface area (Å²) in [5.74, 6) is 0.428. The van der Waals surface area contributed by atoms with Crippen LogP contribution in [0.2, 0.25) is 0 Å². The van der Waals surface area contributed by atoms with Gasteiger partial charge in [0.25, 0.3) is 0 Å². The highest BCUT2D eigenvalue weighted by Crippen LogP contribution is 2.31. The Morgan fingerprint density at radius 2 is 2.14 bits per heavy atom. The molecule has 10 nitrogen and oxygen atoms in total. The summed E-state index contributed by atoms with van der Waals surface area (Å²) in [5.41, 5.74) is 9.16. The van der Waals surface area contributed by atoms with E-state index in [0.717, 1.165) is 24.9 Å². The van der Waals surface area contributed by atoms with E-state index < -0.39 is 5.82 Å². The molecule has 1 aliphatic heterocycles. The average Bonchev–Trinajstić information content (AvgIpc) is 3.33. The van der Waals surface area contributed by atoms with Gasteiger partial charge in [-0.2, -0.15) is 5.10 Å². The quantitative estimate of drug-likeness (QED) is 0.392. The first-order chi connectivity index (χ1) is 17.9. The summed E-state index contributed by atoms with van der Waals surface area (Å²) in [6, 6.07) is 8.00. The number of rotatable bonds is 7. The number of ether oxygens (including phenoxy) is 1. The smallest absolute Gasteiger partial charge is 0.244 e. The Morgan fingerprint density at radius 1 is 1.27 bits per heavy atom. The number of carbonyl (C=O) groups is 1. The topological polar surface area (TPSA) is 124 Å². The highest BCUT2D eigenvalue weighted by atomic mass is 19.1. The number of carbonyl (C=O) groups excluding carboxylic acids is 1. The fourth-order valence-corrected chi connectivity index (χ4v) is 4.33. The Labute approximate surface area is 213 Å². The van der Waals surface area contributed by atoms with Crippen molar-refractivity contribution >= 4 is 28.4 Å². The molecule has 1 fully saturated rings. The predicted octanol–water partition coefficient (Wildman–Crippen LogP) is 3.51. The third-order valence-corrected chi connectivity index (χ3v) is 6.08. The largest absolute Gasteiger partial charge is 0.489 e. The minimum atomic E-state index is -0.396. The number of hydrogen-bond acceptors (Lipinski definition) is 8. The van der Waals surface area contributed by atoms with Gasteiger partial charge in [-0.05, 0) is 51.0 Å². The van der Waals surface area contributed by atoms with E-state index in [4.69, 9.17) is 15.5 Å². The van der Waals surface area contributed by atoms with Gasteiger partial charge in [-0.25, -0.2) is 19.3 Å². The fraction of sp³-hybridized carbons (Fsp3) is 0.346. The van der Waals surface area contributed by atoms with E-state index in [1.54, 1.807) is 28.0 Å². The lowest BCUT2D eigenvalue weighted by Gasteiger charge is -2.30. The Morgan fingerprint density at radius 3 is 2.95 bits per heavy atom. The maximum absolute atomic E-state index is 13.9. The summed E-state index contributed by atoms with van der Waals surface area (Å²) in [6.45, 7) is 5.18. The third-order valence-electron chi connectivity index (χ3n) is 6.08. The first-order valence-electron chi connectivity index (χ1n) is 12.3. The van der Waals surface area contributed by atoms with Crippen molar-refractivity contribution in [2.45, 2.75) is 45.4 Å². The van der Waals surface area contributed by atoms with Gasteiger partial charge in [0.1, 0.15) is 30.0 Å². The second-order valence-electron chi connectivity index (χ2n) is 9.39. The molecule has 0 saturated carbocycles. The monoisotopic (exact) mass is 504 g/mol. The van der Waals surface area contributed by atoms with Crippen molar-refractivity contribution in [3.8, 4) is 17.0 Å². The number of nitrogens with two attached hydrogens (primary N) is 1. The van der Waals surface area contributed by atoms with Gasteiger partial charge in [-0.1, -0.05) is 0 Å². The van der Waals surface area contributed by atoms with Crippen molar-refractivity contribution in [1.29, 1.82) is 0 Å². The molecular weight excluding hydrogens is 475 g/mol. The van der Waals surface area contributed by atoms with Gasteiger partial charge in [0, 0.05) is 37.0 Å². The summed E-state index contributed by atoms with van der Waals surface area (Å²) < 4.78 is 21.2. The van der Waals surface area contributed by atoms with Crippen LogP contribution in [0.1, 0.15) is 26.7 Å². The van der Waals surface area contributed by atoms with Crippen LogP contribution in [0.15, 0.2) is 49.1 Å². The van der Waals surface area contributed by atoms with Gasteiger partial charge in [-0.15, -0.1) is 0 Å². The van der Waals surface area contributed by atoms with Crippen molar-refractivity contribution < 1.29 is 13.9 Å². The van der Waals surface area contributed by atoms with Crippen molar-refractivity contribution in [1.82, 2.24) is 29.6 Å². The van der Waals surface area contributed by atoms with Crippen LogP contribution in [0.4, 0.5) is 15.9 Å². The van der Waals surface area contributed by atoms with Crippen molar-refractivity contribution in [2.75, 3.05) is 18.4 Å². The van der Waals surface area contributed by atoms with Crippen molar-refractivity contribution in [3.63, 3.8) is 0 Å². The molecule has 0 bridgehead atoms. The molecule has 4 heterocycles. The van der Waals surface area contributed by atoms with Gasteiger partial charge in [0.2, 0.25) is 5.91 Å². The number of nitrogens with one attached hydrogen (secondary N) is 1. The maximum Gasteiger partial charge on any atom is 0.244 e. The molecule has 0 aliphatic carbocycles. The third kappa shape index (κ3) is 5.67.